The lowest BCUT2D eigenvalue weighted by atomic mass is 9.86. The Hall–Kier alpha value is -3.43. The Morgan fingerprint density at radius 3 is 2.61 bits per heavy atom. The largest absolute Gasteiger partial charge is 0.444 e. The minimum atomic E-state index is -0.706. The molecule has 1 aliphatic heterocycles. The van der Waals surface area contributed by atoms with Gasteiger partial charge in [0.15, 0.2) is 5.96 Å². The van der Waals surface area contributed by atoms with Crippen LogP contribution in [-0.2, 0) is 25.7 Å². The van der Waals surface area contributed by atoms with Crippen molar-refractivity contribution in [1.82, 2.24) is 15.5 Å². The molecule has 0 bridgehead atoms. The van der Waals surface area contributed by atoms with Gasteiger partial charge < -0.3 is 25.5 Å². The number of carbonyl (C=O) groups is 4. The molecule has 10 heteroatoms. The van der Waals surface area contributed by atoms with Gasteiger partial charge in [-0.25, -0.2) is 4.79 Å². The van der Waals surface area contributed by atoms with Gasteiger partial charge in [0.05, 0.1) is 6.04 Å². The number of nitrogens with two attached hydrogens (primary N) is 1. The van der Waals surface area contributed by atoms with Crippen LogP contribution in [0, 0.1) is 5.92 Å². The standard InChI is InChI=1S/C28H41N5O5/c29-27(32-28(37)38-20-22-11-5-2-6-12-22)30-17-7-13-23(19-34)31-26(36)24-14-8-18-33(24)25(35)16-15-21-9-3-1-4-10-21/h2,5-6,11-12,19,21,23-24H,1,3-4,7-10,13-18,20H2,(H,31,36)(H3,29,30,32,37)/t23-,24-/m0/s1. The summed E-state index contributed by atoms with van der Waals surface area (Å²) in [4.78, 5) is 54.9. The highest BCUT2D eigenvalue weighted by atomic mass is 16.5. The fraction of sp³-hybridized carbons (Fsp3) is 0.607. The third kappa shape index (κ3) is 9.79. The Labute approximate surface area is 224 Å². The third-order valence-corrected chi connectivity index (χ3v) is 7.26. The van der Waals surface area contributed by atoms with E-state index in [0.717, 1.165) is 18.4 Å². The zero-order chi connectivity index (χ0) is 27.2. The number of carbonyl (C=O) groups excluding carboxylic acids is 4. The van der Waals surface area contributed by atoms with E-state index in [0.29, 0.717) is 44.4 Å². The Balaban J connectivity index is 1.35. The molecule has 1 aromatic rings. The fourth-order valence-corrected chi connectivity index (χ4v) is 5.15. The van der Waals surface area contributed by atoms with E-state index in [4.69, 9.17) is 10.5 Å². The molecule has 4 N–H and O–H groups in total. The predicted molar refractivity (Wildman–Crippen MR) is 144 cm³/mol. The van der Waals surface area contributed by atoms with E-state index in [-0.39, 0.29) is 30.9 Å². The maximum Gasteiger partial charge on any atom is 0.414 e. The number of nitrogens with one attached hydrogen (secondary N) is 2. The molecule has 3 amide bonds. The van der Waals surface area contributed by atoms with Crippen LogP contribution in [-0.4, -0.2) is 60.2 Å². The van der Waals surface area contributed by atoms with E-state index in [2.05, 4.69) is 15.6 Å². The minimum Gasteiger partial charge on any atom is -0.444 e. The predicted octanol–water partition coefficient (Wildman–Crippen LogP) is 3.04. The van der Waals surface area contributed by atoms with E-state index in [1.807, 2.05) is 30.3 Å². The van der Waals surface area contributed by atoms with Gasteiger partial charge >= 0.3 is 6.09 Å². The normalized spacial score (nSPS) is 19.0. The van der Waals surface area contributed by atoms with Crippen LogP contribution in [0.3, 0.4) is 0 Å². The average Bonchev–Trinajstić information content (AvgIpc) is 3.44. The van der Waals surface area contributed by atoms with Gasteiger partial charge in [-0.3, -0.25) is 19.9 Å². The first-order valence-corrected chi connectivity index (χ1v) is 13.8. The number of hydrogen-bond acceptors (Lipinski definition) is 6. The average molecular weight is 528 g/mol. The molecule has 1 aliphatic carbocycles. The summed E-state index contributed by atoms with van der Waals surface area (Å²) in [5.41, 5.74) is 6.58. The van der Waals surface area contributed by atoms with E-state index >= 15 is 0 Å². The second-order valence-corrected chi connectivity index (χ2v) is 10.1. The number of amides is 3. The number of nitrogens with zero attached hydrogens (tertiary/aromatic N) is 2. The molecular formula is C28H41N5O5. The maximum absolute atomic E-state index is 12.9. The molecule has 2 atom stereocenters. The second-order valence-electron chi connectivity index (χ2n) is 10.1. The molecule has 3 rings (SSSR count). The Kier molecular flexibility index (Phi) is 12.1. The van der Waals surface area contributed by atoms with Gasteiger partial charge in [-0.1, -0.05) is 62.4 Å². The van der Waals surface area contributed by atoms with Gasteiger partial charge in [-0.05, 0) is 43.6 Å². The highest BCUT2D eigenvalue weighted by Gasteiger charge is 2.34. The van der Waals surface area contributed by atoms with E-state index in [1.165, 1.54) is 32.1 Å². The summed E-state index contributed by atoms with van der Waals surface area (Å²) in [6.45, 7) is 0.966. The van der Waals surface area contributed by atoms with Gasteiger partial charge in [-0.15, -0.1) is 0 Å². The summed E-state index contributed by atoms with van der Waals surface area (Å²) in [7, 11) is 0. The van der Waals surface area contributed by atoms with Crippen LogP contribution in [0.1, 0.15) is 76.2 Å². The van der Waals surface area contributed by atoms with Crippen molar-refractivity contribution in [3.63, 3.8) is 0 Å². The summed E-state index contributed by atoms with van der Waals surface area (Å²) in [6.07, 6.45) is 9.79. The van der Waals surface area contributed by atoms with Gasteiger partial charge in [0, 0.05) is 19.5 Å². The molecule has 2 aliphatic rings. The Bertz CT molecular complexity index is 948. The summed E-state index contributed by atoms with van der Waals surface area (Å²) >= 11 is 0. The van der Waals surface area contributed by atoms with Crippen LogP contribution in [0.5, 0.6) is 0 Å². The van der Waals surface area contributed by atoms with Crippen molar-refractivity contribution in [2.75, 3.05) is 13.1 Å². The van der Waals surface area contributed by atoms with Crippen molar-refractivity contribution < 1.29 is 23.9 Å². The summed E-state index contributed by atoms with van der Waals surface area (Å²) in [5, 5.41) is 5.14. The van der Waals surface area contributed by atoms with Crippen molar-refractivity contribution in [2.24, 2.45) is 16.6 Å². The lowest BCUT2D eigenvalue weighted by Gasteiger charge is -2.27. The number of aldehydes is 1. The van der Waals surface area contributed by atoms with Crippen LogP contribution in [0.25, 0.3) is 0 Å². The highest BCUT2D eigenvalue weighted by Crippen LogP contribution is 2.28. The number of benzene rings is 1. The van der Waals surface area contributed by atoms with E-state index in [1.54, 1.807) is 4.90 Å². The maximum atomic E-state index is 12.9. The molecule has 1 heterocycles. The zero-order valence-corrected chi connectivity index (χ0v) is 22.1. The van der Waals surface area contributed by atoms with Crippen molar-refractivity contribution >= 4 is 30.2 Å². The molecule has 38 heavy (non-hydrogen) atoms. The van der Waals surface area contributed by atoms with E-state index < -0.39 is 18.2 Å². The number of alkyl carbamates (subject to hydrolysis) is 1. The van der Waals surface area contributed by atoms with Gasteiger partial charge in [0.2, 0.25) is 11.8 Å². The SMILES string of the molecule is NC(=NCCC[C@@H](C=O)NC(=O)[C@@H]1CCCN1C(=O)CCC1CCCCC1)NC(=O)OCc1ccccc1. The zero-order valence-electron chi connectivity index (χ0n) is 22.1. The molecule has 0 radical (unpaired) electrons. The molecule has 10 nitrogen and oxygen atoms in total. The molecule has 1 saturated carbocycles. The second kappa shape index (κ2) is 15.7. The van der Waals surface area contributed by atoms with Gasteiger partial charge in [-0.2, -0.15) is 0 Å². The topological polar surface area (TPSA) is 143 Å². The van der Waals surface area contributed by atoms with Gasteiger partial charge in [0.25, 0.3) is 0 Å². The first-order chi connectivity index (χ1) is 18.5. The Morgan fingerprint density at radius 2 is 1.87 bits per heavy atom. The quantitative estimate of drug-likeness (QED) is 0.165. The van der Waals surface area contributed by atoms with Crippen molar-refractivity contribution in [1.29, 1.82) is 0 Å². The molecular weight excluding hydrogens is 486 g/mol. The number of guanidine groups is 1. The highest BCUT2D eigenvalue weighted by molar-refractivity contribution is 5.92. The Morgan fingerprint density at radius 1 is 1.11 bits per heavy atom. The monoisotopic (exact) mass is 527 g/mol. The van der Waals surface area contributed by atoms with Crippen LogP contribution in [0.15, 0.2) is 35.3 Å². The summed E-state index contributed by atoms with van der Waals surface area (Å²) in [6, 6.07) is 8.06. The smallest absolute Gasteiger partial charge is 0.414 e. The molecule has 208 valence electrons. The van der Waals surface area contributed by atoms with E-state index in [9.17, 15) is 19.2 Å². The summed E-state index contributed by atoms with van der Waals surface area (Å²) < 4.78 is 5.09. The molecule has 0 aromatic heterocycles. The van der Waals surface area contributed by atoms with Crippen LogP contribution in [0.2, 0.25) is 0 Å². The van der Waals surface area contributed by atoms with Crippen molar-refractivity contribution in [3.05, 3.63) is 35.9 Å². The van der Waals surface area contributed by atoms with Crippen LogP contribution in [0.4, 0.5) is 4.79 Å². The minimum absolute atomic E-state index is 0.0375. The number of rotatable bonds is 12. The number of ether oxygens (including phenoxy) is 1. The molecule has 0 spiro atoms. The number of aliphatic imine (C=N–C) groups is 1. The lowest BCUT2D eigenvalue weighted by molar-refractivity contribution is -0.139. The first-order valence-electron chi connectivity index (χ1n) is 13.8. The van der Waals surface area contributed by atoms with Crippen molar-refractivity contribution in [3.8, 4) is 0 Å². The molecule has 0 unspecified atom stereocenters. The number of likely N-dealkylation sites (tertiary alicyclic amines) is 1. The fourth-order valence-electron chi connectivity index (χ4n) is 5.15. The summed E-state index contributed by atoms with van der Waals surface area (Å²) in [5.74, 6) is 0.295. The first kappa shape index (κ1) is 29.1. The van der Waals surface area contributed by atoms with Crippen molar-refractivity contribution in [2.45, 2.75) is 89.3 Å². The lowest BCUT2D eigenvalue weighted by Crippen LogP contribution is -2.49. The molecule has 1 saturated heterocycles. The number of hydrogen-bond donors (Lipinski definition) is 3. The third-order valence-electron chi connectivity index (χ3n) is 7.26. The van der Waals surface area contributed by atoms with Gasteiger partial charge in [0.1, 0.15) is 18.9 Å². The van der Waals surface area contributed by atoms with Crippen LogP contribution < -0.4 is 16.4 Å². The molecule has 1 aromatic carbocycles. The van der Waals surface area contributed by atoms with Crippen LogP contribution >= 0.6 is 0 Å². The molecule has 2 fully saturated rings.